The predicted octanol–water partition coefficient (Wildman–Crippen LogP) is 2.53. The van der Waals surface area contributed by atoms with E-state index in [1.807, 2.05) is 32.0 Å². The van der Waals surface area contributed by atoms with Gasteiger partial charge in [-0.25, -0.2) is 0 Å². The number of carbonyl (C=O) groups is 1. The number of aryl methyl sites for hydroxylation is 1. The van der Waals surface area contributed by atoms with Gasteiger partial charge in [0.2, 0.25) is 5.91 Å². The van der Waals surface area contributed by atoms with E-state index in [4.69, 9.17) is 10.5 Å². The fourth-order valence-corrected chi connectivity index (χ4v) is 2.92. The fraction of sp³-hybridized carbons (Fsp3) is 0.588. The number of amides is 1. The molecule has 1 aliphatic carbocycles. The van der Waals surface area contributed by atoms with Crippen molar-refractivity contribution in [3.63, 3.8) is 0 Å². The molecule has 116 valence electrons. The van der Waals surface area contributed by atoms with Crippen molar-refractivity contribution < 1.29 is 9.53 Å². The van der Waals surface area contributed by atoms with Crippen LogP contribution in [0.3, 0.4) is 0 Å². The molecule has 1 aliphatic rings. The lowest BCUT2D eigenvalue weighted by atomic mass is 10.00. The van der Waals surface area contributed by atoms with E-state index in [2.05, 4.69) is 5.32 Å². The molecule has 0 bridgehead atoms. The van der Waals surface area contributed by atoms with Gasteiger partial charge >= 0.3 is 0 Å². The first-order chi connectivity index (χ1) is 10.1. The summed E-state index contributed by atoms with van der Waals surface area (Å²) in [6, 6.07) is 6.26. The molecule has 0 radical (unpaired) electrons. The van der Waals surface area contributed by atoms with Crippen LogP contribution in [-0.4, -0.2) is 18.6 Å². The van der Waals surface area contributed by atoms with E-state index in [-0.39, 0.29) is 11.9 Å². The van der Waals surface area contributed by atoms with E-state index in [1.165, 1.54) is 0 Å². The van der Waals surface area contributed by atoms with Gasteiger partial charge in [0.1, 0.15) is 5.75 Å². The summed E-state index contributed by atoms with van der Waals surface area (Å²) in [5.74, 6) is 1.28. The molecule has 0 unspecified atom stereocenters. The Morgan fingerprint density at radius 2 is 2.24 bits per heavy atom. The SMILES string of the molecule is CCOc1cc(C)ccc1CNC(=O)C[C@@H]1CCC[C@H]1N. The molecular weight excluding hydrogens is 264 g/mol. The summed E-state index contributed by atoms with van der Waals surface area (Å²) in [4.78, 5) is 12.0. The molecule has 1 saturated carbocycles. The number of carbonyl (C=O) groups excluding carboxylic acids is 1. The van der Waals surface area contributed by atoms with Crippen molar-refractivity contribution >= 4 is 5.91 Å². The highest BCUT2D eigenvalue weighted by molar-refractivity contribution is 5.76. The quantitative estimate of drug-likeness (QED) is 0.846. The summed E-state index contributed by atoms with van der Waals surface area (Å²) < 4.78 is 5.63. The molecule has 2 rings (SSSR count). The molecule has 0 heterocycles. The standard InChI is InChI=1S/C17H26N2O2/c1-3-21-16-9-12(2)7-8-14(16)11-19-17(20)10-13-5-4-6-15(13)18/h7-9,13,15H,3-6,10-11,18H2,1-2H3,(H,19,20)/t13-,15+/m0/s1. The minimum absolute atomic E-state index is 0.0837. The molecule has 4 nitrogen and oxygen atoms in total. The van der Waals surface area contributed by atoms with Crippen molar-refractivity contribution in [3.05, 3.63) is 29.3 Å². The number of ether oxygens (including phenoxy) is 1. The zero-order valence-corrected chi connectivity index (χ0v) is 13.0. The van der Waals surface area contributed by atoms with Crippen molar-refractivity contribution in [3.8, 4) is 5.75 Å². The van der Waals surface area contributed by atoms with Crippen molar-refractivity contribution in [1.82, 2.24) is 5.32 Å². The van der Waals surface area contributed by atoms with Crippen LogP contribution in [-0.2, 0) is 11.3 Å². The highest BCUT2D eigenvalue weighted by Gasteiger charge is 2.25. The molecule has 2 atom stereocenters. The van der Waals surface area contributed by atoms with Crippen LogP contribution in [0.1, 0.15) is 43.7 Å². The highest BCUT2D eigenvalue weighted by atomic mass is 16.5. The van der Waals surface area contributed by atoms with Gasteiger partial charge in [0.05, 0.1) is 6.61 Å². The summed E-state index contributed by atoms with van der Waals surface area (Å²) in [6.07, 6.45) is 3.80. The second-order valence-corrected chi connectivity index (χ2v) is 5.88. The number of hydrogen-bond acceptors (Lipinski definition) is 3. The van der Waals surface area contributed by atoms with E-state index in [0.717, 1.165) is 36.1 Å². The first-order valence-corrected chi connectivity index (χ1v) is 7.84. The summed E-state index contributed by atoms with van der Waals surface area (Å²) in [5, 5.41) is 2.99. The Morgan fingerprint density at radius 1 is 1.43 bits per heavy atom. The van der Waals surface area contributed by atoms with Gasteiger partial charge in [-0.3, -0.25) is 4.79 Å². The summed E-state index contributed by atoms with van der Waals surface area (Å²) in [6.45, 7) is 5.14. The summed E-state index contributed by atoms with van der Waals surface area (Å²) in [5.41, 5.74) is 8.19. The zero-order chi connectivity index (χ0) is 15.2. The molecule has 21 heavy (non-hydrogen) atoms. The van der Waals surface area contributed by atoms with Crippen LogP contribution in [0, 0.1) is 12.8 Å². The van der Waals surface area contributed by atoms with Gasteiger partial charge in [-0.2, -0.15) is 0 Å². The lowest BCUT2D eigenvalue weighted by molar-refractivity contribution is -0.122. The Balaban J connectivity index is 1.88. The number of benzene rings is 1. The average Bonchev–Trinajstić information content (AvgIpc) is 2.84. The zero-order valence-electron chi connectivity index (χ0n) is 13.0. The largest absolute Gasteiger partial charge is 0.494 e. The monoisotopic (exact) mass is 290 g/mol. The van der Waals surface area contributed by atoms with Crippen LogP contribution in [0.4, 0.5) is 0 Å². The normalized spacial score (nSPS) is 21.3. The Morgan fingerprint density at radius 3 is 2.90 bits per heavy atom. The fourth-order valence-electron chi connectivity index (χ4n) is 2.92. The first kappa shape index (κ1) is 15.8. The Kier molecular flexibility index (Phi) is 5.62. The van der Waals surface area contributed by atoms with Crippen molar-refractivity contribution in [2.24, 2.45) is 11.7 Å². The Hall–Kier alpha value is -1.55. The summed E-state index contributed by atoms with van der Waals surface area (Å²) in [7, 11) is 0. The predicted molar refractivity (Wildman–Crippen MR) is 84.1 cm³/mol. The highest BCUT2D eigenvalue weighted by Crippen LogP contribution is 2.27. The Bertz CT molecular complexity index is 488. The molecule has 4 heteroatoms. The third-order valence-electron chi connectivity index (χ3n) is 4.16. The van der Waals surface area contributed by atoms with Gasteiger partial charge < -0.3 is 15.8 Å². The molecule has 3 N–H and O–H groups in total. The lowest BCUT2D eigenvalue weighted by Gasteiger charge is -2.16. The molecule has 0 aromatic heterocycles. The van der Waals surface area contributed by atoms with Gasteiger partial charge in [0.15, 0.2) is 0 Å². The topological polar surface area (TPSA) is 64.3 Å². The van der Waals surface area contributed by atoms with Crippen LogP contribution in [0.2, 0.25) is 0 Å². The molecule has 1 fully saturated rings. The van der Waals surface area contributed by atoms with Crippen molar-refractivity contribution in [1.29, 1.82) is 0 Å². The van der Waals surface area contributed by atoms with Gasteiger partial charge in [-0.15, -0.1) is 0 Å². The first-order valence-electron chi connectivity index (χ1n) is 7.84. The third kappa shape index (κ3) is 4.46. The van der Waals surface area contributed by atoms with Gasteiger partial charge in [-0.1, -0.05) is 18.6 Å². The van der Waals surface area contributed by atoms with Gasteiger partial charge in [-0.05, 0) is 44.2 Å². The van der Waals surface area contributed by atoms with E-state index < -0.39 is 0 Å². The Labute approximate surface area is 127 Å². The van der Waals surface area contributed by atoms with Crippen LogP contribution in [0.25, 0.3) is 0 Å². The number of rotatable bonds is 6. The average molecular weight is 290 g/mol. The molecule has 0 spiro atoms. The maximum absolute atomic E-state index is 12.0. The smallest absolute Gasteiger partial charge is 0.220 e. The minimum atomic E-state index is 0.0837. The number of hydrogen-bond donors (Lipinski definition) is 2. The molecule has 0 aliphatic heterocycles. The van der Waals surface area contributed by atoms with Crippen LogP contribution < -0.4 is 15.8 Å². The third-order valence-corrected chi connectivity index (χ3v) is 4.16. The number of nitrogens with two attached hydrogens (primary N) is 1. The van der Waals surface area contributed by atoms with Crippen LogP contribution >= 0.6 is 0 Å². The number of nitrogens with one attached hydrogen (secondary N) is 1. The molecule has 1 amide bonds. The molecule has 1 aromatic carbocycles. The van der Waals surface area contributed by atoms with Crippen molar-refractivity contribution in [2.45, 2.75) is 52.1 Å². The van der Waals surface area contributed by atoms with Crippen molar-refractivity contribution in [2.75, 3.05) is 6.61 Å². The second-order valence-electron chi connectivity index (χ2n) is 5.88. The minimum Gasteiger partial charge on any atom is -0.494 e. The van der Waals surface area contributed by atoms with E-state index in [0.29, 0.717) is 25.5 Å². The second kappa shape index (κ2) is 7.46. The van der Waals surface area contributed by atoms with Crippen LogP contribution in [0.5, 0.6) is 5.75 Å². The van der Waals surface area contributed by atoms with Gasteiger partial charge in [0.25, 0.3) is 0 Å². The van der Waals surface area contributed by atoms with Gasteiger partial charge in [0, 0.05) is 24.6 Å². The van der Waals surface area contributed by atoms with Crippen LogP contribution in [0.15, 0.2) is 18.2 Å². The van der Waals surface area contributed by atoms with E-state index in [1.54, 1.807) is 0 Å². The molecule has 0 saturated heterocycles. The summed E-state index contributed by atoms with van der Waals surface area (Å²) >= 11 is 0. The van der Waals surface area contributed by atoms with E-state index in [9.17, 15) is 4.79 Å². The maximum atomic E-state index is 12.0. The molecule has 1 aromatic rings. The maximum Gasteiger partial charge on any atom is 0.220 e. The lowest BCUT2D eigenvalue weighted by Crippen LogP contribution is -2.31. The molecular formula is C17H26N2O2. The van der Waals surface area contributed by atoms with E-state index >= 15 is 0 Å².